The second-order valence-electron chi connectivity index (χ2n) is 6.66. The molecule has 0 saturated heterocycles. The number of hydrogen-bond acceptors (Lipinski definition) is 4. The standard InChI is InChI=1S/C23H19ClFNO3S/c24-20-13-17(11-12-19(20)16-7-3-1-4-8-16)21(26-29)14-23(25,22(27)28)15-30-18-9-5-2-6-10-18/h1-13,29H,14-15H2,(H,27,28)/b26-21-. The minimum Gasteiger partial charge on any atom is -0.479 e. The van der Waals surface area contributed by atoms with E-state index in [-0.39, 0.29) is 11.5 Å². The summed E-state index contributed by atoms with van der Waals surface area (Å²) >= 11 is 7.48. The van der Waals surface area contributed by atoms with Gasteiger partial charge >= 0.3 is 5.97 Å². The number of oxime groups is 1. The van der Waals surface area contributed by atoms with E-state index in [1.807, 2.05) is 36.4 Å². The first-order valence-corrected chi connectivity index (χ1v) is 10.5. The third-order valence-corrected chi connectivity index (χ3v) is 6.07. The lowest BCUT2D eigenvalue weighted by atomic mass is 9.95. The van der Waals surface area contributed by atoms with Crippen LogP contribution in [0.15, 0.2) is 88.9 Å². The molecule has 1 atom stereocenters. The van der Waals surface area contributed by atoms with Crippen molar-refractivity contribution in [1.82, 2.24) is 0 Å². The molecule has 0 spiro atoms. The van der Waals surface area contributed by atoms with E-state index >= 15 is 4.39 Å². The summed E-state index contributed by atoms with van der Waals surface area (Å²) in [6, 6.07) is 23.3. The predicted octanol–water partition coefficient (Wildman–Crippen LogP) is 6.16. The maximum Gasteiger partial charge on any atom is 0.342 e. The molecule has 7 heteroatoms. The van der Waals surface area contributed by atoms with Crippen LogP contribution in [0, 0.1) is 0 Å². The smallest absolute Gasteiger partial charge is 0.342 e. The first-order valence-electron chi connectivity index (χ1n) is 9.09. The van der Waals surface area contributed by atoms with Gasteiger partial charge in [-0.3, -0.25) is 0 Å². The number of halogens is 2. The van der Waals surface area contributed by atoms with Gasteiger partial charge in [0, 0.05) is 33.2 Å². The quantitative estimate of drug-likeness (QED) is 0.189. The molecule has 3 rings (SSSR count). The lowest BCUT2D eigenvalue weighted by molar-refractivity contribution is -0.148. The number of carbonyl (C=O) groups is 1. The zero-order valence-electron chi connectivity index (χ0n) is 15.8. The Morgan fingerprint density at radius 1 is 1.03 bits per heavy atom. The van der Waals surface area contributed by atoms with Crippen LogP contribution in [0.1, 0.15) is 12.0 Å². The third kappa shape index (κ3) is 5.20. The summed E-state index contributed by atoms with van der Waals surface area (Å²) < 4.78 is 15.3. The Labute approximate surface area is 183 Å². The van der Waals surface area contributed by atoms with E-state index in [0.717, 1.165) is 27.8 Å². The van der Waals surface area contributed by atoms with Gasteiger partial charge in [-0.1, -0.05) is 77.4 Å². The van der Waals surface area contributed by atoms with Crippen LogP contribution in [0.2, 0.25) is 5.02 Å². The van der Waals surface area contributed by atoms with E-state index in [1.54, 1.807) is 42.5 Å². The molecule has 0 aliphatic carbocycles. The largest absolute Gasteiger partial charge is 0.479 e. The van der Waals surface area contributed by atoms with Crippen LogP contribution in [0.3, 0.4) is 0 Å². The Bertz CT molecular complexity index is 1050. The lowest BCUT2D eigenvalue weighted by Crippen LogP contribution is -2.39. The molecule has 0 saturated carbocycles. The number of benzene rings is 3. The van der Waals surface area contributed by atoms with E-state index < -0.39 is 18.1 Å². The number of carboxylic acids is 1. The minimum absolute atomic E-state index is 0.0879. The first kappa shape index (κ1) is 21.9. The molecule has 154 valence electrons. The number of hydrogen-bond donors (Lipinski definition) is 2. The molecule has 0 radical (unpaired) electrons. The monoisotopic (exact) mass is 443 g/mol. The van der Waals surface area contributed by atoms with E-state index in [0.29, 0.717) is 10.6 Å². The van der Waals surface area contributed by atoms with Crippen LogP contribution in [-0.4, -0.2) is 33.4 Å². The van der Waals surface area contributed by atoms with Crippen molar-refractivity contribution in [3.05, 3.63) is 89.4 Å². The topological polar surface area (TPSA) is 69.9 Å². The highest BCUT2D eigenvalue weighted by Crippen LogP contribution is 2.32. The van der Waals surface area contributed by atoms with Gasteiger partial charge in [0.15, 0.2) is 0 Å². The molecule has 1 unspecified atom stereocenters. The summed E-state index contributed by atoms with van der Waals surface area (Å²) in [7, 11) is 0. The third-order valence-electron chi connectivity index (χ3n) is 4.55. The molecule has 0 heterocycles. The fourth-order valence-corrected chi connectivity index (χ4v) is 4.17. The van der Waals surface area contributed by atoms with Gasteiger partial charge in [0.1, 0.15) is 0 Å². The molecule has 0 amide bonds. The predicted molar refractivity (Wildman–Crippen MR) is 118 cm³/mol. The maximum atomic E-state index is 15.3. The number of rotatable bonds is 8. The highest BCUT2D eigenvalue weighted by Gasteiger charge is 2.41. The Balaban J connectivity index is 1.82. The van der Waals surface area contributed by atoms with Gasteiger partial charge in [0.25, 0.3) is 0 Å². The number of alkyl halides is 1. The SMILES string of the molecule is O=C(O)C(F)(CSc1ccccc1)C/C(=N/O)c1ccc(-c2ccccc2)c(Cl)c1. The van der Waals surface area contributed by atoms with Crippen molar-refractivity contribution in [2.45, 2.75) is 17.0 Å². The fraction of sp³-hybridized carbons (Fsp3) is 0.130. The molecule has 3 aromatic rings. The molecule has 0 aromatic heterocycles. The molecule has 0 aliphatic heterocycles. The van der Waals surface area contributed by atoms with Gasteiger partial charge in [0.2, 0.25) is 5.67 Å². The lowest BCUT2D eigenvalue weighted by Gasteiger charge is -2.21. The summed E-state index contributed by atoms with van der Waals surface area (Å²) in [5.41, 5.74) is -0.679. The van der Waals surface area contributed by atoms with Gasteiger partial charge in [-0.15, -0.1) is 11.8 Å². The van der Waals surface area contributed by atoms with Crippen molar-refractivity contribution >= 4 is 35.0 Å². The zero-order chi connectivity index (χ0) is 21.6. The van der Waals surface area contributed by atoms with Gasteiger partial charge in [-0.25, -0.2) is 9.18 Å². The van der Waals surface area contributed by atoms with Gasteiger partial charge in [0.05, 0.1) is 5.71 Å². The molecule has 2 N–H and O–H groups in total. The van der Waals surface area contributed by atoms with Gasteiger partial charge < -0.3 is 10.3 Å². The molecule has 0 fully saturated rings. The van der Waals surface area contributed by atoms with E-state index in [1.165, 1.54) is 0 Å². The van der Waals surface area contributed by atoms with Crippen molar-refractivity contribution in [2.24, 2.45) is 5.16 Å². The van der Waals surface area contributed by atoms with Crippen molar-refractivity contribution in [3.63, 3.8) is 0 Å². The van der Waals surface area contributed by atoms with E-state index in [2.05, 4.69) is 5.16 Å². The average molecular weight is 444 g/mol. The van der Waals surface area contributed by atoms with Crippen molar-refractivity contribution in [2.75, 3.05) is 5.75 Å². The Morgan fingerprint density at radius 2 is 1.67 bits per heavy atom. The zero-order valence-corrected chi connectivity index (χ0v) is 17.4. The Kier molecular flexibility index (Phi) is 7.13. The van der Waals surface area contributed by atoms with E-state index in [9.17, 15) is 15.1 Å². The molecule has 0 bridgehead atoms. The summed E-state index contributed by atoms with van der Waals surface area (Å²) in [6.45, 7) is 0. The van der Waals surface area contributed by atoms with Crippen LogP contribution in [-0.2, 0) is 4.79 Å². The summed E-state index contributed by atoms with van der Waals surface area (Å²) in [5.74, 6) is -1.94. The van der Waals surface area contributed by atoms with Crippen LogP contribution >= 0.6 is 23.4 Å². The normalized spacial score (nSPS) is 13.6. The fourth-order valence-electron chi connectivity index (χ4n) is 2.91. The number of thioether (sulfide) groups is 1. The van der Waals surface area contributed by atoms with Crippen LogP contribution in [0.4, 0.5) is 4.39 Å². The summed E-state index contributed by atoms with van der Waals surface area (Å²) in [5, 5.41) is 22.5. The molecule has 4 nitrogen and oxygen atoms in total. The summed E-state index contributed by atoms with van der Waals surface area (Å²) in [4.78, 5) is 12.4. The molecular weight excluding hydrogens is 425 g/mol. The Morgan fingerprint density at radius 3 is 2.23 bits per heavy atom. The minimum atomic E-state index is -2.62. The second kappa shape index (κ2) is 9.78. The van der Waals surface area contributed by atoms with Gasteiger partial charge in [-0.2, -0.15) is 0 Å². The average Bonchev–Trinajstić information content (AvgIpc) is 2.77. The molecule has 30 heavy (non-hydrogen) atoms. The number of aliphatic carboxylic acids is 1. The molecular formula is C23H19ClFNO3S. The van der Waals surface area contributed by atoms with E-state index in [4.69, 9.17) is 11.6 Å². The number of nitrogens with zero attached hydrogens (tertiary/aromatic N) is 1. The highest BCUT2D eigenvalue weighted by molar-refractivity contribution is 7.99. The van der Waals surface area contributed by atoms with Gasteiger partial charge in [-0.05, 0) is 23.8 Å². The Hall–Kier alpha value is -2.83. The van der Waals surface area contributed by atoms with Crippen molar-refractivity contribution in [1.29, 1.82) is 0 Å². The molecule has 3 aromatic carbocycles. The summed E-state index contributed by atoms with van der Waals surface area (Å²) in [6.07, 6.45) is -0.598. The van der Waals surface area contributed by atoms with Crippen molar-refractivity contribution in [3.8, 4) is 11.1 Å². The molecule has 0 aliphatic rings. The van der Waals surface area contributed by atoms with Crippen molar-refractivity contribution < 1.29 is 19.5 Å². The maximum absolute atomic E-state index is 15.3. The highest BCUT2D eigenvalue weighted by atomic mass is 35.5. The number of carboxylic acid groups (broad SMARTS) is 1. The van der Waals surface area contributed by atoms with Crippen LogP contribution in [0.25, 0.3) is 11.1 Å². The van der Waals surface area contributed by atoms with Crippen LogP contribution < -0.4 is 0 Å². The van der Waals surface area contributed by atoms with Crippen LogP contribution in [0.5, 0.6) is 0 Å². The first-order chi connectivity index (χ1) is 14.4. The second-order valence-corrected chi connectivity index (χ2v) is 8.11.